The van der Waals surface area contributed by atoms with Gasteiger partial charge < -0.3 is 15.8 Å². The van der Waals surface area contributed by atoms with Crippen LogP contribution in [0, 0.1) is 5.41 Å². The van der Waals surface area contributed by atoms with E-state index in [4.69, 9.17) is 10.5 Å². The van der Waals surface area contributed by atoms with Crippen molar-refractivity contribution in [1.82, 2.24) is 5.32 Å². The predicted molar refractivity (Wildman–Crippen MR) is 91.8 cm³/mol. The van der Waals surface area contributed by atoms with Gasteiger partial charge in [0.2, 0.25) is 5.91 Å². The van der Waals surface area contributed by atoms with Crippen LogP contribution in [0.15, 0.2) is 15.9 Å². The van der Waals surface area contributed by atoms with E-state index in [1.165, 1.54) is 0 Å². The lowest BCUT2D eigenvalue weighted by Gasteiger charge is -2.57. The summed E-state index contributed by atoms with van der Waals surface area (Å²) in [6.45, 7) is 7.11. The van der Waals surface area contributed by atoms with Crippen molar-refractivity contribution in [2.45, 2.75) is 45.4 Å². The number of halogens is 2. The Morgan fingerprint density at radius 3 is 2.76 bits per heavy atom. The summed E-state index contributed by atoms with van der Waals surface area (Å²) >= 11 is 5.07. The van der Waals surface area contributed by atoms with Crippen LogP contribution < -0.4 is 11.1 Å². The number of carbonyl (C=O) groups excluding carboxylic acids is 1. The van der Waals surface area contributed by atoms with Gasteiger partial charge in [0.05, 0.1) is 12.6 Å². The van der Waals surface area contributed by atoms with Gasteiger partial charge in [0, 0.05) is 27.8 Å². The van der Waals surface area contributed by atoms with Gasteiger partial charge in [-0.2, -0.15) is 0 Å². The Bertz CT molecular complexity index is 509. The fraction of sp³-hybridized carbons (Fsp3) is 0.643. The molecule has 2 rings (SSSR count). The van der Waals surface area contributed by atoms with E-state index in [0.717, 1.165) is 9.35 Å². The molecule has 3 N–H and O–H groups in total. The van der Waals surface area contributed by atoms with Crippen LogP contribution >= 0.6 is 39.7 Å². The molecule has 0 spiro atoms. The van der Waals surface area contributed by atoms with E-state index >= 15 is 0 Å². The molecule has 0 saturated heterocycles. The van der Waals surface area contributed by atoms with Gasteiger partial charge >= 0.3 is 0 Å². The zero-order valence-corrected chi connectivity index (χ0v) is 15.7. The molecule has 4 nitrogen and oxygen atoms in total. The van der Waals surface area contributed by atoms with Crippen LogP contribution in [0.1, 0.15) is 32.1 Å². The van der Waals surface area contributed by atoms with Gasteiger partial charge in [-0.25, -0.2) is 0 Å². The SMILES string of the molecule is CCOC1CC(N)(C(=O)NCc2sccc2Br)C1(C)C.Cl. The van der Waals surface area contributed by atoms with Crippen molar-refractivity contribution < 1.29 is 9.53 Å². The Balaban J connectivity index is 0.00000220. The third-order valence-electron chi connectivity index (χ3n) is 4.34. The maximum Gasteiger partial charge on any atom is 0.241 e. The van der Waals surface area contributed by atoms with Crippen molar-refractivity contribution in [1.29, 1.82) is 0 Å². The lowest BCUT2D eigenvalue weighted by molar-refractivity contribution is -0.170. The lowest BCUT2D eigenvalue weighted by atomic mass is 9.54. The third-order valence-corrected chi connectivity index (χ3v) is 6.26. The Labute approximate surface area is 144 Å². The molecule has 1 saturated carbocycles. The van der Waals surface area contributed by atoms with Crippen molar-refractivity contribution in [3.05, 3.63) is 20.8 Å². The molecular weight excluding hydrogens is 376 g/mol. The largest absolute Gasteiger partial charge is 0.378 e. The minimum Gasteiger partial charge on any atom is -0.378 e. The lowest BCUT2D eigenvalue weighted by Crippen LogP contribution is -2.75. The summed E-state index contributed by atoms with van der Waals surface area (Å²) in [6, 6.07) is 1.97. The summed E-state index contributed by atoms with van der Waals surface area (Å²) in [5.41, 5.74) is 5.12. The van der Waals surface area contributed by atoms with Crippen LogP contribution in [0.25, 0.3) is 0 Å². The molecule has 1 aromatic heterocycles. The number of hydrogen-bond acceptors (Lipinski definition) is 4. The minimum absolute atomic E-state index is 0. The predicted octanol–water partition coefficient (Wildman–Crippen LogP) is 3.08. The van der Waals surface area contributed by atoms with Crippen LogP contribution in [-0.2, 0) is 16.1 Å². The second-order valence-corrected chi connectivity index (χ2v) is 7.57. The van der Waals surface area contributed by atoms with E-state index in [2.05, 4.69) is 21.2 Å². The van der Waals surface area contributed by atoms with E-state index in [-0.39, 0.29) is 29.8 Å². The number of nitrogens with two attached hydrogens (primary N) is 1. The highest BCUT2D eigenvalue weighted by Gasteiger charge is 2.62. The standard InChI is InChI=1S/C14H21BrN2O2S.ClH/c1-4-19-11-7-14(16,13(11,2)3)12(18)17-8-10-9(15)5-6-20-10;/h5-6,11H,4,7-8,16H2,1-3H3,(H,17,18);1H. The molecule has 1 heterocycles. The fourth-order valence-corrected chi connectivity index (χ4v) is 4.02. The molecule has 0 aliphatic heterocycles. The molecule has 7 heteroatoms. The topological polar surface area (TPSA) is 64.3 Å². The molecule has 1 fully saturated rings. The van der Waals surface area contributed by atoms with Crippen LogP contribution in [-0.4, -0.2) is 24.2 Å². The smallest absolute Gasteiger partial charge is 0.241 e. The average Bonchev–Trinajstić information content (AvgIpc) is 2.81. The Morgan fingerprint density at radius 2 is 2.29 bits per heavy atom. The first kappa shape index (κ1) is 18.9. The van der Waals surface area contributed by atoms with Gasteiger partial charge in [-0.1, -0.05) is 13.8 Å². The number of rotatable bonds is 5. The highest BCUT2D eigenvalue weighted by Crippen LogP contribution is 2.49. The fourth-order valence-electron chi connectivity index (χ4n) is 2.59. The van der Waals surface area contributed by atoms with Gasteiger partial charge in [0.15, 0.2) is 0 Å². The average molecular weight is 398 g/mol. The first-order valence-corrected chi connectivity index (χ1v) is 8.41. The molecule has 2 atom stereocenters. The number of hydrogen-bond donors (Lipinski definition) is 2. The molecule has 1 aliphatic rings. The van der Waals surface area contributed by atoms with Crippen molar-refractivity contribution in [2.24, 2.45) is 11.1 Å². The monoisotopic (exact) mass is 396 g/mol. The summed E-state index contributed by atoms with van der Waals surface area (Å²) in [5, 5.41) is 4.94. The molecule has 1 amide bonds. The molecule has 2 unspecified atom stereocenters. The maximum atomic E-state index is 12.4. The van der Waals surface area contributed by atoms with Crippen LogP contribution in [0.2, 0.25) is 0 Å². The molecule has 120 valence electrons. The highest BCUT2D eigenvalue weighted by atomic mass is 79.9. The number of nitrogens with one attached hydrogen (secondary N) is 1. The van der Waals surface area contributed by atoms with Gasteiger partial charge in [-0.3, -0.25) is 4.79 Å². The van der Waals surface area contributed by atoms with Crippen molar-refractivity contribution >= 4 is 45.6 Å². The highest BCUT2D eigenvalue weighted by molar-refractivity contribution is 9.10. The second-order valence-electron chi connectivity index (χ2n) is 5.72. The zero-order valence-electron chi connectivity index (χ0n) is 12.4. The van der Waals surface area contributed by atoms with E-state index in [1.54, 1.807) is 11.3 Å². The van der Waals surface area contributed by atoms with Crippen LogP contribution in [0.5, 0.6) is 0 Å². The summed E-state index contributed by atoms with van der Waals surface area (Å²) < 4.78 is 6.66. The van der Waals surface area contributed by atoms with E-state index < -0.39 is 5.54 Å². The molecule has 1 aromatic rings. The molecule has 0 bridgehead atoms. The van der Waals surface area contributed by atoms with Crippen molar-refractivity contribution in [3.63, 3.8) is 0 Å². The van der Waals surface area contributed by atoms with Gasteiger partial charge in [-0.15, -0.1) is 23.7 Å². The van der Waals surface area contributed by atoms with Gasteiger partial charge in [0.25, 0.3) is 0 Å². The Hall–Kier alpha value is -0.140. The molecule has 21 heavy (non-hydrogen) atoms. The van der Waals surface area contributed by atoms with E-state index in [0.29, 0.717) is 19.6 Å². The van der Waals surface area contributed by atoms with Crippen molar-refractivity contribution in [2.75, 3.05) is 6.61 Å². The molecule has 1 aliphatic carbocycles. The van der Waals surface area contributed by atoms with Gasteiger partial charge in [0.1, 0.15) is 5.54 Å². The number of ether oxygens (including phenoxy) is 1. The summed E-state index contributed by atoms with van der Waals surface area (Å²) in [6.07, 6.45) is 0.627. The Kier molecular flexibility index (Phi) is 6.27. The first-order chi connectivity index (χ1) is 9.33. The summed E-state index contributed by atoms with van der Waals surface area (Å²) in [5.74, 6) is -0.0984. The number of thiophene rings is 1. The third kappa shape index (κ3) is 3.29. The van der Waals surface area contributed by atoms with E-state index in [9.17, 15) is 4.79 Å². The first-order valence-electron chi connectivity index (χ1n) is 6.73. The maximum absolute atomic E-state index is 12.4. The summed E-state index contributed by atoms with van der Waals surface area (Å²) in [4.78, 5) is 13.5. The van der Waals surface area contributed by atoms with E-state index in [1.807, 2.05) is 32.2 Å². The van der Waals surface area contributed by atoms with Crippen LogP contribution in [0.4, 0.5) is 0 Å². The normalized spacial score (nSPS) is 26.6. The Morgan fingerprint density at radius 1 is 1.62 bits per heavy atom. The molecular formula is C14H22BrClN2O2S. The quantitative estimate of drug-likeness (QED) is 0.802. The van der Waals surface area contributed by atoms with Crippen LogP contribution in [0.3, 0.4) is 0 Å². The zero-order chi connectivity index (χ0) is 15.0. The van der Waals surface area contributed by atoms with Gasteiger partial charge in [-0.05, 0) is 34.3 Å². The number of amides is 1. The minimum atomic E-state index is -0.851. The summed E-state index contributed by atoms with van der Waals surface area (Å²) in [7, 11) is 0. The van der Waals surface area contributed by atoms with Crippen molar-refractivity contribution in [3.8, 4) is 0 Å². The second kappa shape index (κ2) is 6.96. The molecule has 0 radical (unpaired) electrons. The number of carbonyl (C=O) groups is 1. The molecule has 0 aromatic carbocycles.